The average Bonchev–Trinajstić information content (AvgIpc) is 2.97. The van der Waals surface area contributed by atoms with Crippen LogP contribution < -0.4 is 5.32 Å². The van der Waals surface area contributed by atoms with Crippen LogP contribution in [0.2, 0.25) is 0 Å². The van der Waals surface area contributed by atoms with E-state index >= 15 is 0 Å². The maximum absolute atomic E-state index is 5.60. The summed E-state index contributed by atoms with van der Waals surface area (Å²) < 4.78 is 12.7. The number of nitrogens with one attached hydrogen (secondary N) is 1. The quantitative estimate of drug-likeness (QED) is 0.715. The van der Waals surface area contributed by atoms with Gasteiger partial charge in [-0.25, -0.2) is 4.98 Å². The molecule has 0 spiro atoms. The molecule has 2 rings (SSSR count). The topological polar surface area (TPSA) is 48.3 Å². The molecule has 1 aromatic rings. The van der Waals surface area contributed by atoms with Crippen LogP contribution in [-0.2, 0) is 22.6 Å². The van der Waals surface area contributed by atoms with Crippen LogP contribution >= 0.6 is 0 Å². The van der Waals surface area contributed by atoms with Crippen LogP contribution in [0, 0.1) is 0 Å². The van der Waals surface area contributed by atoms with Crippen molar-refractivity contribution in [3.8, 4) is 0 Å². The molecule has 0 radical (unpaired) electrons. The predicted molar refractivity (Wildman–Crippen MR) is 64.8 cm³/mol. The molecule has 0 bridgehead atoms. The second-order valence-electron chi connectivity index (χ2n) is 4.37. The van der Waals surface area contributed by atoms with Gasteiger partial charge in [0, 0.05) is 39.5 Å². The minimum atomic E-state index is 0.374. The summed E-state index contributed by atoms with van der Waals surface area (Å²) in [5.41, 5.74) is 1.07. The van der Waals surface area contributed by atoms with Crippen molar-refractivity contribution in [3.05, 3.63) is 18.2 Å². The normalized spacial score (nSPS) is 19.9. The molecule has 5 nitrogen and oxygen atoms in total. The fourth-order valence-corrected chi connectivity index (χ4v) is 2.01. The Morgan fingerprint density at radius 1 is 1.65 bits per heavy atom. The third-order valence-electron chi connectivity index (χ3n) is 2.91. The van der Waals surface area contributed by atoms with E-state index in [1.165, 1.54) is 12.8 Å². The number of nitrogens with zero attached hydrogens (tertiary/aromatic N) is 2. The molecule has 1 unspecified atom stereocenters. The Morgan fingerprint density at radius 2 is 2.59 bits per heavy atom. The SMILES string of the molecule is COCCNCc1cn(CC2CCCO2)cn1. The number of rotatable bonds is 7. The lowest BCUT2D eigenvalue weighted by Gasteiger charge is -2.09. The monoisotopic (exact) mass is 239 g/mol. The van der Waals surface area contributed by atoms with Crippen molar-refractivity contribution in [2.75, 3.05) is 26.9 Å². The molecule has 0 aromatic carbocycles. The minimum Gasteiger partial charge on any atom is -0.383 e. The Hall–Kier alpha value is -0.910. The van der Waals surface area contributed by atoms with Gasteiger partial charge in [0.1, 0.15) is 0 Å². The zero-order valence-corrected chi connectivity index (χ0v) is 10.4. The van der Waals surface area contributed by atoms with Crippen molar-refractivity contribution in [1.82, 2.24) is 14.9 Å². The highest BCUT2D eigenvalue weighted by Gasteiger charge is 2.15. The Morgan fingerprint density at radius 3 is 3.35 bits per heavy atom. The van der Waals surface area contributed by atoms with Crippen molar-refractivity contribution in [2.24, 2.45) is 0 Å². The van der Waals surface area contributed by atoms with Crippen molar-refractivity contribution < 1.29 is 9.47 Å². The van der Waals surface area contributed by atoms with Crippen LogP contribution in [0.15, 0.2) is 12.5 Å². The lowest BCUT2D eigenvalue weighted by atomic mass is 10.2. The standard InChI is InChI=1S/C12H21N3O2/c1-16-6-4-13-7-11-8-15(10-14-11)9-12-3-2-5-17-12/h8,10,12-13H,2-7,9H2,1H3. The van der Waals surface area contributed by atoms with Gasteiger partial charge in [0.2, 0.25) is 0 Å². The van der Waals surface area contributed by atoms with Crippen LogP contribution in [0.3, 0.4) is 0 Å². The second-order valence-corrected chi connectivity index (χ2v) is 4.37. The smallest absolute Gasteiger partial charge is 0.0950 e. The lowest BCUT2D eigenvalue weighted by Crippen LogP contribution is -2.18. The van der Waals surface area contributed by atoms with E-state index < -0.39 is 0 Å². The highest BCUT2D eigenvalue weighted by molar-refractivity contribution is 4.96. The summed E-state index contributed by atoms with van der Waals surface area (Å²) in [4.78, 5) is 4.36. The molecule has 1 atom stereocenters. The summed E-state index contributed by atoms with van der Waals surface area (Å²) in [7, 11) is 1.71. The van der Waals surface area contributed by atoms with Gasteiger partial charge in [-0.15, -0.1) is 0 Å². The summed E-state index contributed by atoms with van der Waals surface area (Å²) in [6.45, 7) is 4.21. The molecular weight excluding hydrogens is 218 g/mol. The fourth-order valence-electron chi connectivity index (χ4n) is 2.01. The van der Waals surface area contributed by atoms with Gasteiger partial charge in [-0.2, -0.15) is 0 Å². The number of methoxy groups -OCH3 is 1. The maximum Gasteiger partial charge on any atom is 0.0950 e. The van der Waals surface area contributed by atoms with Crippen molar-refractivity contribution in [2.45, 2.75) is 32.0 Å². The Kier molecular flexibility index (Phi) is 4.97. The van der Waals surface area contributed by atoms with Gasteiger partial charge in [-0.3, -0.25) is 0 Å². The van der Waals surface area contributed by atoms with E-state index in [9.17, 15) is 0 Å². The first-order valence-electron chi connectivity index (χ1n) is 6.20. The molecule has 0 aliphatic carbocycles. The Balaban J connectivity index is 1.71. The molecule has 1 aliphatic heterocycles. The molecule has 1 aromatic heterocycles. The molecule has 1 N–H and O–H groups in total. The number of aromatic nitrogens is 2. The first-order valence-corrected chi connectivity index (χ1v) is 6.20. The molecular formula is C12H21N3O2. The highest BCUT2D eigenvalue weighted by Crippen LogP contribution is 2.14. The average molecular weight is 239 g/mol. The van der Waals surface area contributed by atoms with Crippen LogP contribution in [0.4, 0.5) is 0 Å². The molecule has 0 saturated carbocycles. The summed E-state index contributed by atoms with van der Waals surface area (Å²) >= 11 is 0. The predicted octanol–water partition coefficient (Wildman–Crippen LogP) is 0.798. The van der Waals surface area contributed by atoms with E-state index in [4.69, 9.17) is 9.47 Å². The minimum absolute atomic E-state index is 0.374. The summed E-state index contributed by atoms with van der Waals surface area (Å²) in [5, 5.41) is 3.28. The van der Waals surface area contributed by atoms with Crippen LogP contribution in [0.25, 0.3) is 0 Å². The van der Waals surface area contributed by atoms with Crippen LogP contribution in [0.1, 0.15) is 18.5 Å². The van der Waals surface area contributed by atoms with Crippen LogP contribution in [0.5, 0.6) is 0 Å². The summed E-state index contributed by atoms with van der Waals surface area (Å²) in [6, 6.07) is 0. The molecule has 0 amide bonds. The van der Waals surface area contributed by atoms with E-state index in [2.05, 4.69) is 21.1 Å². The van der Waals surface area contributed by atoms with Gasteiger partial charge in [0.15, 0.2) is 0 Å². The fraction of sp³-hybridized carbons (Fsp3) is 0.750. The van der Waals surface area contributed by atoms with Gasteiger partial charge in [-0.1, -0.05) is 0 Å². The van der Waals surface area contributed by atoms with E-state index in [0.717, 1.165) is 38.5 Å². The van der Waals surface area contributed by atoms with E-state index in [0.29, 0.717) is 6.10 Å². The first kappa shape index (κ1) is 12.5. The van der Waals surface area contributed by atoms with Crippen LogP contribution in [-0.4, -0.2) is 42.5 Å². The van der Waals surface area contributed by atoms with Gasteiger partial charge in [0.05, 0.1) is 24.7 Å². The second kappa shape index (κ2) is 6.74. The highest BCUT2D eigenvalue weighted by atomic mass is 16.5. The van der Waals surface area contributed by atoms with Crippen molar-refractivity contribution in [1.29, 1.82) is 0 Å². The largest absolute Gasteiger partial charge is 0.383 e. The zero-order valence-electron chi connectivity index (χ0n) is 10.4. The zero-order chi connectivity index (χ0) is 11.9. The molecule has 5 heteroatoms. The number of imidazole rings is 1. The third kappa shape index (κ3) is 4.11. The van der Waals surface area contributed by atoms with Gasteiger partial charge in [-0.05, 0) is 12.8 Å². The summed E-state index contributed by atoms with van der Waals surface area (Å²) in [6.07, 6.45) is 6.69. The molecule has 2 heterocycles. The summed E-state index contributed by atoms with van der Waals surface area (Å²) in [5.74, 6) is 0. The number of hydrogen-bond acceptors (Lipinski definition) is 4. The number of hydrogen-bond donors (Lipinski definition) is 1. The Bertz CT molecular complexity index is 321. The maximum atomic E-state index is 5.60. The van der Waals surface area contributed by atoms with Crippen molar-refractivity contribution >= 4 is 0 Å². The molecule has 17 heavy (non-hydrogen) atoms. The van der Waals surface area contributed by atoms with E-state index in [-0.39, 0.29) is 0 Å². The molecule has 96 valence electrons. The first-order chi connectivity index (χ1) is 8.38. The van der Waals surface area contributed by atoms with Crippen molar-refractivity contribution in [3.63, 3.8) is 0 Å². The third-order valence-corrected chi connectivity index (χ3v) is 2.91. The Labute approximate surface area is 102 Å². The number of ether oxygens (including phenoxy) is 2. The molecule has 1 saturated heterocycles. The van der Waals surface area contributed by atoms with E-state index in [1.54, 1.807) is 7.11 Å². The van der Waals surface area contributed by atoms with E-state index in [1.807, 2.05) is 6.33 Å². The van der Waals surface area contributed by atoms with Gasteiger partial charge < -0.3 is 19.4 Å². The molecule has 1 aliphatic rings. The van der Waals surface area contributed by atoms with Gasteiger partial charge in [0.25, 0.3) is 0 Å². The lowest BCUT2D eigenvalue weighted by molar-refractivity contribution is 0.0970. The molecule has 1 fully saturated rings. The van der Waals surface area contributed by atoms with Gasteiger partial charge >= 0.3 is 0 Å².